The lowest BCUT2D eigenvalue weighted by Crippen LogP contribution is -2.85. The number of hydrogen-bond acceptors (Lipinski definition) is 14. The molecule has 3 aliphatic rings. The van der Waals surface area contributed by atoms with Crippen molar-refractivity contribution in [2.45, 2.75) is 29.2 Å². The topological polar surface area (TPSA) is 270 Å². The van der Waals surface area contributed by atoms with Crippen LogP contribution in [-0.4, -0.2) is 134 Å². The minimum Gasteiger partial charge on any atom is -0.504 e. The average Bonchev–Trinajstić information content (AvgIpc) is 3.48. The number of aromatic hydroxyl groups is 2. The molecule has 1 aromatic heterocycles. The Kier molecular flexibility index (Phi) is 9.47. The molecule has 2 fully saturated rings. The number of thioether (sulfide) groups is 2. The number of fused-ring (bicyclic) bond motifs is 1. The number of carboxylic acids is 1. The van der Waals surface area contributed by atoms with Gasteiger partial charge >= 0.3 is 23.8 Å². The Hall–Kier alpha value is -5.38. The number of nitrogens with one attached hydrogen (secondary N) is 3. The first-order valence-electron chi connectivity index (χ1n) is 14.1. The van der Waals surface area contributed by atoms with Crippen LogP contribution in [0.2, 0.25) is 0 Å². The van der Waals surface area contributed by atoms with Crippen molar-refractivity contribution in [1.82, 2.24) is 50.9 Å². The molecule has 3 aliphatic heterocycles. The third kappa shape index (κ3) is 5.94. The van der Waals surface area contributed by atoms with E-state index in [1.807, 2.05) is 0 Å². The van der Waals surface area contributed by atoms with E-state index < -0.39 is 64.2 Å². The number of hydrogen-bond donors (Lipinski definition) is 6. The number of tetrazole rings is 1. The number of phenolic OH excluding ortho intramolecular Hbond substituents is 2. The maximum atomic E-state index is 13.9. The highest BCUT2D eigenvalue weighted by Gasteiger charge is 2.66. The van der Waals surface area contributed by atoms with E-state index in [4.69, 9.17) is 0 Å². The lowest BCUT2D eigenvalue weighted by atomic mass is 9.94. The molecule has 2 aromatic rings. The molecular formula is C26H28N10O10S2. The number of carboxylic acid groups (broad SMARTS) is 1. The number of phenols is 2. The van der Waals surface area contributed by atoms with Crippen molar-refractivity contribution in [3.8, 4) is 11.5 Å². The zero-order valence-electron chi connectivity index (χ0n) is 25.1. The third-order valence-electron chi connectivity index (χ3n) is 7.72. The summed E-state index contributed by atoms with van der Waals surface area (Å²) in [5.74, 6) is -6.69. The lowest BCUT2D eigenvalue weighted by Gasteiger charge is -2.56. The summed E-state index contributed by atoms with van der Waals surface area (Å²) in [7, 11) is 1.60. The van der Waals surface area contributed by atoms with Gasteiger partial charge < -0.3 is 36.2 Å². The van der Waals surface area contributed by atoms with Crippen molar-refractivity contribution in [3.63, 3.8) is 0 Å². The normalized spacial score (nSPS) is 21.3. The maximum Gasteiger partial charge on any atom is 0.352 e. The minimum atomic E-state index is -2.18. The van der Waals surface area contributed by atoms with Crippen LogP contribution in [0.3, 0.4) is 0 Å². The van der Waals surface area contributed by atoms with Crippen LogP contribution in [0.5, 0.6) is 11.5 Å². The molecule has 5 rings (SSSR count). The molecule has 4 heterocycles. The van der Waals surface area contributed by atoms with Gasteiger partial charge in [0.15, 0.2) is 11.5 Å². The molecule has 0 saturated carbocycles. The van der Waals surface area contributed by atoms with Crippen LogP contribution in [-0.2, 0) is 35.8 Å². The first-order valence-corrected chi connectivity index (χ1v) is 16.1. The van der Waals surface area contributed by atoms with E-state index in [-0.39, 0.29) is 48.8 Å². The number of likely N-dealkylation sites (N-methyl/N-ethyl adjacent to an activating group) is 1. The summed E-state index contributed by atoms with van der Waals surface area (Å²) in [6.07, 6.45) is 0.143. The van der Waals surface area contributed by atoms with Crippen molar-refractivity contribution in [1.29, 1.82) is 0 Å². The molecule has 2 saturated heterocycles. The molecular weight excluding hydrogens is 676 g/mol. The molecule has 48 heavy (non-hydrogen) atoms. The second-order valence-electron chi connectivity index (χ2n) is 10.5. The van der Waals surface area contributed by atoms with Crippen LogP contribution >= 0.6 is 23.5 Å². The number of carbonyl (C=O) groups excluding carboxylic acids is 6. The number of aliphatic carboxylic acids is 1. The fraction of sp³-hybridized carbons (Fsp3) is 0.385. The number of β-lactam (4-membered cyclic amide) rings is 1. The summed E-state index contributed by atoms with van der Waals surface area (Å²) in [4.78, 5) is 92.9. The molecule has 254 valence electrons. The average molecular weight is 705 g/mol. The molecule has 22 heteroatoms. The standard InChI is InChI=1S/C26H28N10O10S2/c1-3-34-6-7-35(20(42)19(34)41)24(46)28-16(12-4-5-14(38)15(39)8-12)18(40)29-26(27-11-37)22(45)36-17(21(43)44)13(9-47-23(26)36)10-48-25-30-31-32-33(25)2/h4-5,8,11,16,23,38-39H,3,6-7,9-10H2,1-2H3,(H,27,37)(H,28,46)(H,29,40)(H,43,44)/t16?,23-,26+/m0/s1. The Labute approximate surface area is 278 Å². The van der Waals surface area contributed by atoms with Gasteiger partial charge in [-0.05, 0) is 40.6 Å². The fourth-order valence-corrected chi connectivity index (χ4v) is 7.68. The molecule has 0 spiro atoms. The van der Waals surface area contributed by atoms with Gasteiger partial charge in [-0.2, -0.15) is 0 Å². The fourth-order valence-electron chi connectivity index (χ4n) is 5.26. The first kappa shape index (κ1) is 34.0. The highest BCUT2D eigenvalue weighted by molar-refractivity contribution is 8.01. The van der Waals surface area contributed by atoms with Crippen LogP contribution in [0.25, 0.3) is 0 Å². The van der Waals surface area contributed by atoms with Gasteiger partial charge in [-0.1, -0.05) is 17.8 Å². The summed E-state index contributed by atoms with van der Waals surface area (Å²) < 4.78 is 1.38. The van der Waals surface area contributed by atoms with Crippen LogP contribution in [0.15, 0.2) is 34.6 Å². The molecule has 1 unspecified atom stereocenters. The molecule has 1 aromatic carbocycles. The van der Waals surface area contributed by atoms with Gasteiger partial charge in [0.05, 0.1) is 0 Å². The van der Waals surface area contributed by atoms with Crippen molar-refractivity contribution < 1.29 is 48.9 Å². The molecule has 3 atom stereocenters. The largest absolute Gasteiger partial charge is 0.504 e. The molecule has 0 radical (unpaired) electrons. The van der Waals surface area contributed by atoms with Gasteiger partial charge in [-0.3, -0.25) is 33.8 Å². The van der Waals surface area contributed by atoms with Crippen molar-refractivity contribution in [2.75, 3.05) is 31.1 Å². The van der Waals surface area contributed by atoms with E-state index in [0.29, 0.717) is 15.6 Å². The maximum absolute atomic E-state index is 13.9. The predicted molar refractivity (Wildman–Crippen MR) is 162 cm³/mol. The van der Waals surface area contributed by atoms with Crippen LogP contribution in [0, 0.1) is 0 Å². The van der Waals surface area contributed by atoms with Crippen molar-refractivity contribution in [2.24, 2.45) is 7.05 Å². The number of carbonyl (C=O) groups is 7. The van der Waals surface area contributed by atoms with Crippen molar-refractivity contribution >= 4 is 65.6 Å². The summed E-state index contributed by atoms with van der Waals surface area (Å²) in [6, 6.07) is 0.234. The van der Waals surface area contributed by atoms with Gasteiger partial charge in [-0.15, -0.1) is 16.9 Å². The first-order chi connectivity index (χ1) is 22.8. The number of amides is 7. The third-order valence-corrected chi connectivity index (χ3v) is 10.2. The Morgan fingerprint density at radius 3 is 2.54 bits per heavy atom. The summed E-state index contributed by atoms with van der Waals surface area (Å²) in [6.45, 7) is 1.73. The zero-order valence-corrected chi connectivity index (χ0v) is 26.8. The van der Waals surface area contributed by atoms with Gasteiger partial charge in [0.2, 0.25) is 23.1 Å². The van der Waals surface area contributed by atoms with Gasteiger partial charge in [0.1, 0.15) is 17.1 Å². The Bertz CT molecular complexity index is 1750. The molecule has 6 N–H and O–H groups in total. The van der Waals surface area contributed by atoms with E-state index in [9.17, 15) is 48.9 Å². The summed E-state index contributed by atoms with van der Waals surface area (Å²) in [5, 5.41) is 47.4. The molecule has 7 amide bonds. The number of urea groups is 1. The number of aryl methyl sites for hydroxylation is 1. The van der Waals surface area contributed by atoms with E-state index in [2.05, 4.69) is 31.5 Å². The number of rotatable bonds is 11. The minimum absolute atomic E-state index is 0.0381. The number of piperazine rings is 1. The number of imide groups is 1. The Balaban J connectivity index is 1.42. The van der Waals surface area contributed by atoms with Crippen molar-refractivity contribution in [3.05, 3.63) is 35.0 Å². The Morgan fingerprint density at radius 1 is 1.17 bits per heavy atom. The Morgan fingerprint density at radius 2 is 1.92 bits per heavy atom. The van der Waals surface area contributed by atoms with E-state index >= 15 is 0 Å². The van der Waals surface area contributed by atoms with E-state index in [1.165, 1.54) is 15.6 Å². The van der Waals surface area contributed by atoms with Gasteiger partial charge in [-0.25, -0.2) is 14.3 Å². The number of benzene rings is 1. The second-order valence-corrected chi connectivity index (χ2v) is 12.5. The van der Waals surface area contributed by atoms with E-state index in [0.717, 1.165) is 40.6 Å². The lowest BCUT2D eigenvalue weighted by molar-refractivity contribution is -0.163. The molecule has 20 nitrogen and oxygen atoms in total. The quantitative estimate of drug-likeness (QED) is 0.0358. The summed E-state index contributed by atoms with van der Waals surface area (Å²) >= 11 is 2.18. The van der Waals surface area contributed by atoms with Gasteiger partial charge in [0, 0.05) is 38.2 Å². The zero-order chi connectivity index (χ0) is 34.9. The molecule has 0 bridgehead atoms. The monoisotopic (exact) mass is 704 g/mol. The van der Waals surface area contributed by atoms with Gasteiger partial charge in [0.25, 0.3) is 5.91 Å². The highest BCUT2D eigenvalue weighted by atomic mass is 32.2. The smallest absolute Gasteiger partial charge is 0.352 e. The van der Waals surface area contributed by atoms with Crippen LogP contribution in [0.4, 0.5) is 4.79 Å². The highest BCUT2D eigenvalue weighted by Crippen LogP contribution is 2.46. The van der Waals surface area contributed by atoms with Crippen LogP contribution < -0.4 is 16.0 Å². The second kappa shape index (κ2) is 13.4. The predicted octanol–water partition coefficient (Wildman–Crippen LogP) is -2.33. The summed E-state index contributed by atoms with van der Waals surface area (Å²) in [5.41, 5.74) is -2.31. The SMILES string of the molecule is CCN1CCN(C(=O)NC(C(=O)N[C@]2(NC=O)C(=O)N3C(C(=O)O)=C(CSc4nnnn4C)CS[C@H]32)c2ccc(O)c(O)c2)C(=O)C1=O. The van der Waals surface area contributed by atoms with Crippen LogP contribution in [0.1, 0.15) is 18.5 Å². The number of aromatic nitrogens is 4. The molecule has 0 aliphatic carbocycles. The van der Waals surface area contributed by atoms with E-state index in [1.54, 1.807) is 14.0 Å². The number of nitrogens with zero attached hydrogens (tertiary/aromatic N) is 7.